The van der Waals surface area contributed by atoms with E-state index < -0.39 is 36.4 Å². The molecule has 4 rings (SSSR count). The molecule has 0 unspecified atom stereocenters. The van der Waals surface area contributed by atoms with Gasteiger partial charge in [-0.25, -0.2) is 14.4 Å². The van der Waals surface area contributed by atoms with Crippen LogP contribution in [0.3, 0.4) is 0 Å². The van der Waals surface area contributed by atoms with Crippen LogP contribution in [-0.2, 0) is 37.0 Å². The zero-order chi connectivity index (χ0) is 35.1. The Morgan fingerprint density at radius 2 is 1.22 bits per heavy atom. The second-order valence-corrected chi connectivity index (χ2v) is 9.27. The van der Waals surface area contributed by atoms with Crippen molar-refractivity contribution in [1.82, 2.24) is 14.9 Å². The molecule has 2 aliphatic rings. The smallest absolute Gasteiger partial charge is 0.475 e. The molecule has 2 aromatic rings. The Morgan fingerprint density at radius 3 is 1.63 bits per heavy atom. The Balaban J connectivity index is 0.000000413. The Labute approximate surface area is 254 Å². The molecule has 0 radical (unpaired) electrons. The number of likely N-dealkylation sites (tertiary alicyclic amines) is 1. The topological polar surface area (TPSA) is 159 Å². The molecule has 2 aromatic heterocycles. The second kappa shape index (κ2) is 18.2. The summed E-state index contributed by atoms with van der Waals surface area (Å²) in [4.78, 5) is 38.0. The predicted molar refractivity (Wildman–Crippen MR) is 136 cm³/mol. The van der Waals surface area contributed by atoms with E-state index in [1.54, 1.807) is 6.20 Å². The molecule has 0 aliphatic carbocycles. The summed E-state index contributed by atoms with van der Waals surface area (Å²) in [5, 5.41) is 21.4. The van der Waals surface area contributed by atoms with Crippen molar-refractivity contribution in [3.8, 4) is 0 Å². The van der Waals surface area contributed by atoms with E-state index >= 15 is 0 Å². The van der Waals surface area contributed by atoms with Crippen molar-refractivity contribution >= 4 is 17.9 Å². The van der Waals surface area contributed by atoms with Crippen molar-refractivity contribution < 1.29 is 78.7 Å². The van der Waals surface area contributed by atoms with Crippen LogP contribution in [0.15, 0.2) is 48.8 Å². The molecular formula is C26H28F9N3O8. The van der Waals surface area contributed by atoms with Crippen LogP contribution < -0.4 is 0 Å². The lowest BCUT2D eigenvalue weighted by molar-refractivity contribution is -0.193. The fourth-order valence-electron chi connectivity index (χ4n) is 3.88. The van der Waals surface area contributed by atoms with Gasteiger partial charge in [-0.05, 0) is 43.5 Å². The quantitative estimate of drug-likeness (QED) is 0.363. The highest BCUT2D eigenvalue weighted by molar-refractivity contribution is 5.73. The maximum absolute atomic E-state index is 10.6. The Morgan fingerprint density at radius 1 is 0.761 bits per heavy atom. The van der Waals surface area contributed by atoms with Gasteiger partial charge in [-0.1, -0.05) is 12.1 Å². The van der Waals surface area contributed by atoms with E-state index in [4.69, 9.17) is 39.2 Å². The molecule has 258 valence electrons. The fourth-order valence-corrected chi connectivity index (χ4v) is 3.88. The number of aromatic nitrogens is 2. The average molecular weight is 682 g/mol. The molecule has 11 nitrogen and oxygen atoms in total. The third-order valence-corrected chi connectivity index (χ3v) is 5.85. The van der Waals surface area contributed by atoms with Gasteiger partial charge in [-0.2, -0.15) is 39.5 Å². The van der Waals surface area contributed by atoms with Gasteiger partial charge < -0.3 is 24.8 Å². The molecule has 0 amide bonds. The van der Waals surface area contributed by atoms with Gasteiger partial charge in [0, 0.05) is 31.5 Å². The average Bonchev–Trinajstić information content (AvgIpc) is 3.35. The maximum Gasteiger partial charge on any atom is 0.490 e. The molecule has 0 spiro atoms. The van der Waals surface area contributed by atoms with Crippen LogP contribution in [-0.4, -0.2) is 98.0 Å². The van der Waals surface area contributed by atoms with Crippen LogP contribution in [0.1, 0.15) is 30.7 Å². The number of carbonyl (C=O) groups is 3. The van der Waals surface area contributed by atoms with Gasteiger partial charge in [0.25, 0.3) is 0 Å². The van der Waals surface area contributed by atoms with Crippen LogP contribution in [0.4, 0.5) is 39.5 Å². The van der Waals surface area contributed by atoms with Crippen molar-refractivity contribution in [3.05, 3.63) is 60.2 Å². The first-order valence-corrected chi connectivity index (χ1v) is 12.9. The molecule has 3 N–H and O–H groups in total. The summed E-state index contributed by atoms with van der Waals surface area (Å²) in [7, 11) is 0. The van der Waals surface area contributed by atoms with Crippen LogP contribution in [0.5, 0.6) is 0 Å². The number of carboxylic acid groups (broad SMARTS) is 3. The molecular weight excluding hydrogens is 653 g/mol. The third-order valence-electron chi connectivity index (χ3n) is 5.85. The lowest BCUT2D eigenvalue weighted by Crippen LogP contribution is -2.43. The number of rotatable bonds is 6. The standard InChI is InChI=1S/C20H25N3O2.3C2HF3O2/c1-3-10-21-16(5-1)13-23-12-9-20-19(23)8-7-18(25-20)15-24-14-17-6-2-4-11-22-17;3*3-2(4,5)1(6)7/h1-6,10-11,18-20H,7-9,12-15H2;3*(H,6,7)/t18-,19+,20+;;;/m1.../s1. The van der Waals surface area contributed by atoms with Crippen LogP contribution in [0.2, 0.25) is 0 Å². The minimum absolute atomic E-state index is 0.208. The van der Waals surface area contributed by atoms with E-state index in [0.29, 0.717) is 25.4 Å². The van der Waals surface area contributed by atoms with Crippen LogP contribution in [0, 0.1) is 0 Å². The normalized spacial score (nSPS) is 19.5. The number of ether oxygens (including phenoxy) is 2. The highest BCUT2D eigenvalue weighted by atomic mass is 19.4. The van der Waals surface area contributed by atoms with Gasteiger partial charge in [0.05, 0.1) is 36.8 Å². The number of fused-ring (bicyclic) bond motifs is 1. The minimum Gasteiger partial charge on any atom is -0.475 e. The van der Waals surface area contributed by atoms with Gasteiger partial charge in [0.1, 0.15) is 0 Å². The first kappa shape index (κ1) is 40.0. The van der Waals surface area contributed by atoms with Crippen molar-refractivity contribution in [2.24, 2.45) is 0 Å². The summed E-state index contributed by atoms with van der Waals surface area (Å²) >= 11 is 0. The molecule has 0 aromatic carbocycles. The summed E-state index contributed by atoms with van der Waals surface area (Å²) in [5.74, 6) is -8.27. The largest absolute Gasteiger partial charge is 0.490 e. The van der Waals surface area contributed by atoms with E-state index in [0.717, 1.165) is 37.3 Å². The SMILES string of the molecule is O=C(O)C(F)(F)F.O=C(O)C(F)(F)F.O=C(O)C(F)(F)F.c1ccc(COC[C@H]2CC[C@H]3[C@H](CCN3Cc3ccccn3)O2)nc1. The molecule has 2 fully saturated rings. The molecule has 2 aliphatic heterocycles. The first-order chi connectivity index (χ1) is 21.2. The molecule has 46 heavy (non-hydrogen) atoms. The lowest BCUT2D eigenvalue weighted by atomic mass is 9.99. The summed E-state index contributed by atoms with van der Waals surface area (Å²) in [6.07, 6.45) is -7.70. The summed E-state index contributed by atoms with van der Waals surface area (Å²) in [6, 6.07) is 12.6. The molecule has 0 saturated carbocycles. The predicted octanol–water partition coefficient (Wildman–Crippen LogP) is 4.72. The molecule has 4 heterocycles. The molecule has 3 atom stereocenters. The number of carboxylic acids is 3. The number of halogens is 9. The van der Waals surface area contributed by atoms with E-state index in [1.165, 1.54) is 6.42 Å². The number of nitrogens with zero attached hydrogens (tertiary/aromatic N) is 3. The number of aliphatic carboxylic acids is 3. The van der Waals surface area contributed by atoms with E-state index in [1.807, 2.05) is 30.5 Å². The molecule has 2 saturated heterocycles. The van der Waals surface area contributed by atoms with Gasteiger partial charge in [-0.3, -0.25) is 14.9 Å². The lowest BCUT2D eigenvalue weighted by Gasteiger charge is -2.35. The second-order valence-electron chi connectivity index (χ2n) is 9.27. The Bertz CT molecular complexity index is 1160. The highest BCUT2D eigenvalue weighted by Gasteiger charge is 2.41. The van der Waals surface area contributed by atoms with E-state index in [2.05, 4.69) is 27.0 Å². The maximum atomic E-state index is 10.6. The Hall–Kier alpha value is -4.04. The summed E-state index contributed by atoms with van der Waals surface area (Å²) in [6.45, 7) is 3.22. The monoisotopic (exact) mass is 681 g/mol. The van der Waals surface area contributed by atoms with Gasteiger partial charge in [0.2, 0.25) is 0 Å². The third kappa shape index (κ3) is 15.8. The minimum atomic E-state index is -5.08. The van der Waals surface area contributed by atoms with E-state index in [-0.39, 0.29) is 6.10 Å². The van der Waals surface area contributed by atoms with Crippen molar-refractivity contribution in [1.29, 1.82) is 0 Å². The highest BCUT2D eigenvalue weighted by Crippen LogP contribution is 2.32. The van der Waals surface area contributed by atoms with E-state index in [9.17, 15) is 39.5 Å². The van der Waals surface area contributed by atoms with Crippen molar-refractivity contribution in [3.63, 3.8) is 0 Å². The van der Waals surface area contributed by atoms with Gasteiger partial charge >= 0.3 is 36.4 Å². The number of hydrogen-bond acceptors (Lipinski definition) is 8. The first-order valence-electron chi connectivity index (χ1n) is 12.9. The number of pyridine rings is 2. The zero-order valence-corrected chi connectivity index (χ0v) is 23.4. The number of alkyl halides is 9. The van der Waals surface area contributed by atoms with Gasteiger partial charge in [0.15, 0.2) is 0 Å². The van der Waals surface area contributed by atoms with Crippen molar-refractivity contribution in [2.75, 3.05) is 13.2 Å². The molecule has 0 bridgehead atoms. The zero-order valence-electron chi connectivity index (χ0n) is 23.4. The summed E-state index contributed by atoms with van der Waals surface area (Å²) < 4.78 is 107. The summed E-state index contributed by atoms with van der Waals surface area (Å²) in [5.41, 5.74) is 2.11. The van der Waals surface area contributed by atoms with Gasteiger partial charge in [-0.15, -0.1) is 0 Å². The number of hydrogen-bond donors (Lipinski definition) is 3. The fraction of sp³-hybridized carbons (Fsp3) is 0.500. The van der Waals surface area contributed by atoms with Crippen LogP contribution >= 0.6 is 0 Å². The van der Waals surface area contributed by atoms with Crippen LogP contribution in [0.25, 0.3) is 0 Å². The van der Waals surface area contributed by atoms with Crippen molar-refractivity contribution in [2.45, 2.75) is 69.2 Å². The Kier molecular flexibility index (Phi) is 15.8. The molecule has 20 heteroatoms.